The quantitative estimate of drug-likeness (QED) is 0.279. The lowest BCUT2D eigenvalue weighted by Gasteiger charge is -2.40. The molecule has 9 rings (SSSR count). The first-order valence-corrected chi connectivity index (χ1v) is 20.4. The molecule has 2 N–H and O–H groups in total. The number of amides is 3. The zero-order chi connectivity index (χ0) is 36.9. The minimum absolute atomic E-state index is 0.113. The van der Waals surface area contributed by atoms with E-state index in [1.165, 1.54) is 36.8 Å². The monoisotopic (exact) mass is 733 g/mol. The van der Waals surface area contributed by atoms with Gasteiger partial charge in [-0.05, 0) is 115 Å². The number of piperidine rings is 2. The Morgan fingerprint density at radius 3 is 2.31 bits per heavy atom. The number of benzene rings is 3. The molecule has 2 aliphatic carbocycles. The number of imide groups is 1. The van der Waals surface area contributed by atoms with Gasteiger partial charge in [0.05, 0.1) is 5.69 Å². The molecular formula is C44H52FN5O4. The summed E-state index contributed by atoms with van der Waals surface area (Å²) < 4.78 is 16.1. The molecule has 0 unspecified atom stereocenters. The molecule has 4 aliphatic heterocycles. The summed E-state index contributed by atoms with van der Waals surface area (Å²) in [5.41, 5.74) is 6.98. The number of phenols is 1. The third kappa shape index (κ3) is 6.75. The summed E-state index contributed by atoms with van der Waals surface area (Å²) in [5.74, 6) is 1.37. The number of aryl methyl sites for hydroxylation is 1. The maximum absolute atomic E-state index is 16.1. The van der Waals surface area contributed by atoms with Crippen molar-refractivity contribution >= 4 is 29.1 Å². The van der Waals surface area contributed by atoms with Gasteiger partial charge in [0.1, 0.15) is 17.6 Å². The van der Waals surface area contributed by atoms with Gasteiger partial charge in [0.2, 0.25) is 11.8 Å². The van der Waals surface area contributed by atoms with E-state index in [2.05, 4.69) is 38.2 Å². The van der Waals surface area contributed by atoms with E-state index in [0.29, 0.717) is 42.0 Å². The molecule has 54 heavy (non-hydrogen) atoms. The third-order valence-corrected chi connectivity index (χ3v) is 13.7. The van der Waals surface area contributed by atoms with Crippen LogP contribution in [0.4, 0.5) is 15.8 Å². The van der Waals surface area contributed by atoms with E-state index in [9.17, 15) is 19.5 Å². The van der Waals surface area contributed by atoms with Crippen molar-refractivity contribution in [3.05, 3.63) is 88.2 Å². The van der Waals surface area contributed by atoms with Crippen LogP contribution < -0.4 is 15.1 Å². The highest BCUT2D eigenvalue weighted by Crippen LogP contribution is 2.49. The largest absolute Gasteiger partial charge is 0.508 e. The van der Waals surface area contributed by atoms with Crippen LogP contribution in [0.25, 0.3) is 0 Å². The van der Waals surface area contributed by atoms with Gasteiger partial charge < -0.3 is 19.8 Å². The number of hydrogen-bond donors (Lipinski definition) is 2. The molecule has 3 atom stereocenters. The average Bonchev–Trinajstić information content (AvgIpc) is 3.83. The summed E-state index contributed by atoms with van der Waals surface area (Å²) in [4.78, 5) is 46.0. The second-order valence-electron chi connectivity index (χ2n) is 16.8. The minimum Gasteiger partial charge on any atom is -0.508 e. The van der Waals surface area contributed by atoms with Crippen LogP contribution >= 0.6 is 0 Å². The van der Waals surface area contributed by atoms with Gasteiger partial charge >= 0.3 is 0 Å². The molecule has 4 fully saturated rings. The van der Waals surface area contributed by atoms with E-state index in [0.717, 1.165) is 94.0 Å². The number of aromatic hydroxyl groups is 1. The van der Waals surface area contributed by atoms with Crippen molar-refractivity contribution in [2.45, 2.75) is 82.7 Å². The lowest BCUT2D eigenvalue weighted by atomic mass is 9.66. The summed E-state index contributed by atoms with van der Waals surface area (Å²) in [6, 6.07) is 17.3. The highest BCUT2D eigenvalue weighted by atomic mass is 19.1. The molecule has 3 aromatic carbocycles. The lowest BCUT2D eigenvalue weighted by molar-refractivity contribution is -0.136. The Labute approximate surface area is 317 Å². The number of carbonyl (C=O) groups is 3. The molecule has 1 saturated carbocycles. The van der Waals surface area contributed by atoms with Crippen LogP contribution in [0, 0.1) is 23.6 Å². The number of nitrogens with one attached hydrogen (secondary N) is 1. The molecule has 3 amide bonds. The van der Waals surface area contributed by atoms with Gasteiger partial charge in [-0.1, -0.05) is 37.8 Å². The number of rotatable bonds is 7. The highest BCUT2D eigenvalue weighted by Gasteiger charge is 2.40. The van der Waals surface area contributed by atoms with Gasteiger partial charge in [0.15, 0.2) is 0 Å². The van der Waals surface area contributed by atoms with E-state index >= 15 is 4.39 Å². The summed E-state index contributed by atoms with van der Waals surface area (Å²) in [6.45, 7) is 6.94. The van der Waals surface area contributed by atoms with Gasteiger partial charge in [-0.3, -0.25) is 24.6 Å². The van der Waals surface area contributed by atoms with Crippen LogP contribution in [-0.2, 0) is 22.6 Å². The van der Waals surface area contributed by atoms with Gasteiger partial charge in [0, 0.05) is 75.9 Å². The van der Waals surface area contributed by atoms with Gasteiger partial charge in [-0.2, -0.15) is 0 Å². The summed E-state index contributed by atoms with van der Waals surface area (Å²) in [5, 5.41) is 12.6. The number of halogens is 1. The molecule has 10 heteroatoms. The van der Waals surface area contributed by atoms with Crippen LogP contribution in [0.15, 0.2) is 54.6 Å². The molecule has 284 valence electrons. The smallest absolute Gasteiger partial charge is 0.255 e. The molecule has 3 saturated heterocycles. The fourth-order valence-electron chi connectivity index (χ4n) is 10.8. The van der Waals surface area contributed by atoms with Crippen LogP contribution in [0.1, 0.15) is 96.3 Å². The summed E-state index contributed by atoms with van der Waals surface area (Å²) in [7, 11) is 0. The fraction of sp³-hybridized carbons (Fsp3) is 0.523. The van der Waals surface area contributed by atoms with E-state index in [1.54, 1.807) is 11.0 Å². The Morgan fingerprint density at radius 1 is 0.759 bits per heavy atom. The molecule has 3 aromatic rings. The Hall–Kier alpha value is -4.44. The number of carbonyl (C=O) groups excluding carboxylic acids is 3. The lowest BCUT2D eigenvalue weighted by Crippen LogP contribution is -2.52. The van der Waals surface area contributed by atoms with Crippen molar-refractivity contribution in [2.24, 2.45) is 17.8 Å². The van der Waals surface area contributed by atoms with Crippen LogP contribution in [0.3, 0.4) is 0 Å². The second-order valence-corrected chi connectivity index (χ2v) is 16.8. The topological polar surface area (TPSA) is 96.4 Å². The number of anilines is 2. The number of piperazine rings is 1. The van der Waals surface area contributed by atoms with Crippen LogP contribution in [0.5, 0.6) is 5.75 Å². The molecule has 9 nitrogen and oxygen atoms in total. The van der Waals surface area contributed by atoms with E-state index in [4.69, 9.17) is 0 Å². The van der Waals surface area contributed by atoms with Crippen molar-refractivity contribution < 1.29 is 23.9 Å². The van der Waals surface area contributed by atoms with E-state index in [-0.39, 0.29) is 35.9 Å². The van der Waals surface area contributed by atoms with Crippen molar-refractivity contribution in [1.29, 1.82) is 0 Å². The Balaban J connectivity index is 0.785. The highest BCUT2D eigenvalue weighted by molar-refractivity contribution is 6.05. The molecule has 6 aliphatic rings. The second kappa shape index (κ2) is 14.7. The van der Waals surface area contributed by atoms with Gasteiger partial charge in [0.25, 0.3) is 5.91 Å². The van der Waals surface area contributed by atoms with Gasteiger partial charge in [-0.15, -0.1) is 0 Å². The van der Waals surface area contributed by atoms with Crippen molar-refractivity contribution in [3.63, 3.8) is 0 Å². The zero-order valence-electron chi connectivity index (χ0n) is 31.1. The average molecular weight is 734 g/mol. The minimum atomic E-state index is -0.599. The van der Waals surface area contributed by atoms with Gasteiger partial charge in [-0.25, -0.2) is 4.39 Å². The number of nitrogens with zero attached hydrogens (tertiary/aromatic N) is 4. The SMILES string of the molecule is O=C1CC[C@H](N2Cc3cc(N4CCN(CC5CCN(c6ccc([C@@H]7c8ccc(O)cc8CC[C@@H]7C7CCCC7)cc6F)CC5)CC4)ccc3C2=O)C(=O)N1. The van der Waals surface area contributed by atoms with Crippen LogP contribution in [-0.4, -0.2) is 84.5 Å². The number of hydrogen-bond acceptors (Lipinski definition) is 7. The first-order chi connectivity index (χ1) is 26.3. The zero-order valence-corrected chi connectivity index (χ0v) is 31.1. The summed E-state index contributed by atoms with van der Waals surface area (Å²) >= 11 is 0. The predicted molar refractivity (Wildman–Crippen MR) is 206 cm³/mol. The Morgan fingerprint density at radius 2 is 1.56 bits per heavy atom. The van der Waals surface area contributed by atoms with E-state index < -0.39 is 6.04 Å². The Kier molecular flexibility index (Phi) is 9.58. The first kappa shape index (κ1) is 35.3. The molecular weight excluding hydrogens is 682 g/mol. The predicted octanol–water partition coefficient (Wildman–Crippen LogP) is 6.22. The van der Waals surface area contributed by atoms with Crippen LogP contribution in [0.2, 0.25) is 0 Å². The number of phenolic OH excluding ortho intramolecular Hbond substituents is 1. The normalized spacial score (nSPS) is 25.6. The van der Waals surface area contributed by atoms with Crippen molar-refractivity contribution in [2.75, 3.05) is 55.6 Å². The van der Waals surface area contributed by atoms with Crippen molar-refractivity contribution in [3.8, 4) is 5.75 Å². The third-order valence-electron chi connectivity index (χ3n) is 13.7. The molecule has 0 bridgehead atoms. The molecule has 0 radical (unpaired) electrons. The molecule has 0 aromatic heterocycles. The standard InChI is InChI=1S/C44H52FN5O4/c45-38-25-31(42-35(29-3-1-2-4-29)9-5-30-24-34(51)8-11-36(30)42)6-12-39(38)49-17-15-28(16-18-49)26-47-19-21-48(22-20-47)33-7-10-37-32(23-33)27-50(44(37)54)40-13-14-41(52)46-43(40)53/h6-8,10-12,23-25,28-29,35,40,42,51H,1-5,9,13-22,26-27H2,(H,46,52,53)/t35-,40+,42+/m1/s1. The Bertz CT molecular complexity index is 1930. The van der Waals surface area contributed by atoms with E-state index in [1.807, 2.05) is 30.3 Å². The summed E-state index contributed by atoms with van der Waals surface area (Å²) in [6.07, 6.45) is 9.94. The number of fused-ring (bicyclic) bond motifs is 2. The maximum Gasteiger partial charge on any atom is 0.255 e. The van der Waals surface area contributed by atoms with Crippen molar-refractivity contribution in [1.82, 2.24) is 15.1 Å². The molecule has 4 heterocycles. The first-order valence-electron chi connectivity index (χ1n) is 20.4. The molecule has 0 spiro atoms. The maximum atomic E-state index is 16.1. The fourth-order valence-corrected chi connectivity index (χ4v) is 10.8.